The highest BCUT2D eigenvalue weighted by atomic mass is 35.5. The second-order valence-corrected chi connectivity index (χ2v) is 11.4. The highest BCUT2D eigenvalue weighted by Gasteiger charge is 2.53. The topological polar surface area (TPSA) is 130 Å². The van der Waals surface area contributed by atoms with Crippen molar-refractivity contribution in [2.24, 2.45) is 11.8 Å². The fourth-order valence-corrected chi connectivity index (χ4v) is 6.03. The van der Waals surface area contributed by atoms with Crippen LogP contribution in [0, 0.1) is 30.1 Å². The van der Waals surface area contributed by atoms with Crippen molar-refractivity contribution in [3.05, 3.63) is 63.8 Å². The minimum absolute atomic E-state index is 0.0407. The molecular formula is C27H27ClN8O2. The molecular weight excluding hydrogens is 504 g/mol. The van der Waals surface area contributed by atoms with Crippen molar-refractivity contribution in [3.63, 3.8) is 0 Å². The zero-order valence-corrected chi connectivity index (χ0v) is 22.1. The molecule has 2 aromatic heterocycles. The van der Waals surface area contributed by atoms with Gasteiger partial charge in [0.2, 0.25) is 5.91 Å². The lowest BCUT2D eigenvalue weighted by Gasteiger charge is -2.46. The molecule has 3 atom stereocenters. The minimum Gasteiger partial charge on any atom is -0.348 e. The van der Waals surface area contributed by atoms with Crippen LogP contribution in [0.3, 0.4) is 0 Å². The summed E-state index contributed by atoms with van der Waals surface area (Å²) in [5.41, 5.74) is 2.86. The fraction of sp³-hybridized carbons (Fsp3) is 0.444. The second kappa shape index (κ2) is 8.88. The molecule has 11 heteroatoms. The van der Waals surface area contributed by atoms with Crippen molar-refractivity contribution in [1.29, 1.82) is 5.26 Å². The summed E-state index contributed by atoms with van der Waals surface area (Å²) in [7, 11) is 0. The molecule has 1 unspecified atom stereocenters. The van der Waals surface area contributed by atoms with Crippen molar-refractivity contribution in [2.75, 3.05) is 11.4 Å². The summed E-state index contributed by atoms with van der Waals surface area (Å²) in [6.07, 6.45) is 5.64. The van der Waals surface area contributed by atoms with Gasteiger partial charge in [-0.2, -0.15) is 5.26 Å². The first-order chi connectivity index (χ1) is 18.2. The van der Waals surface area contributed by atoms with E-state index in [1.165, 1.54) is 0 Å². The van der Waals surface area contributed by atoms with Crippen molar-refractivity contribution in [1.82, 2.24) is 30.3 Å². The number of piperidine rings is 1. The summed E-state index contributed by atoms with van der Waals surface area (Å²) < 4.78 is 1.59. The number of rotatable bonds is 6. The Bertz CT molecular complexity index is 1500. The quantitative estimate of drug-likeness (QED) is 0.517. The normalized spacial score (nSPS) is 26.3. The molecule has 1 aromatic carbocycles. The van der Waals surface area contributed by atoms with Crippen molar-refractivity contribution >= 4 is 29.2 Å². The van der Waals surface area contributed by atoms with E-state index in [0.29, 0.717) is 53.1 Å². The highest BCUT2D eigenvalue weighted by Crippen LogP contribution is 2.47. The molecule has 1 N–H and O–H groups in total. The fourth-order valence-electron chi connectivity index (χ4n) is 5.85. The maximum atomic E-state index is 12.9. The van der Waals surface area contributed by atoms with Crippen LogP contribution in [0.4, 0.5) is 5.82 Å². The second-order valence-electron chi connectivity index (χ2n) is 11.0. The van der Waals surface area contributed by atoms with Crippen LogP contribution in [-0.2, 0) is 10.2 Å². The van der Waals surface area contributed by atoms with Gasteiger partial charge < -0.3 is 5.32 Å². The Hall–Kier alpha value is -3.84. The van der Waals surface area contributed by atoms with E-state index in [-0.39, 0.29) is 40.9 Å². The molecule has 3 aliphatic rings. The first-order valence-corrected chi connectivity index (χ1v) is 13.1. The Balaban J connectivity index is 1.10. The van der Waals surface area contributed by atoms with E-state index in [1.54, 1.807) is 34.1 Å². The number of nitrogens with zero attached hydrogens (tertiary/aromatic N) is 7. The lowest BCUT2D eigenvalue weighted by molar-refractivity contribution is -0.118. The van der Waals surface area contributed by atoms with Crippen LogP contribution in [0.2, 0.25) is 5.02 Å². The molecule has 2 saturated carbocycles. The molecule has 1 aliphatic heterocycles. The van der Waals surface area contributed by atoms with Gasteiger partial charge in [0.15, 0.2) is 11.5 Å². The first kappa shape index (κ1) is 24.5. The van der Waals surface area contributed by atoms with E-state index in [9.17, 15) is 14.9 Å². The molecule has 0 spiro atoms. The number of nitrogens with one attached hydrogen (secondary N) is 1. The van der Waals surface area contributed by atoms with Gasteiger partial charge in [0.1, 0.15) is 0 Å². The molecule has 3 heterocycles. The van der Waals surface area contributed by atoms with Gasteiger partial charge in [-0.25, -0.2) is 9.67 Å². The van der Waals surface area contributed by atoms with Gasteiger partial charge in [-0.3, -0.25) is 19.5 Å². The molecule has 0 bridgehead atoms. The summed E-state index contributed by atoms with van der Waals surface area (Å²) in [6, 6.07) is 7.19. The number of carbonyl (C=O) groups excluding carboxylic acids is 2. The van der Waals surface area contributed by atoms with Crippen LogP contribution in [0.25, 0.3) is 0 Å². The van der Waals surface area contributed by atoms with Crippen LogP contribution < -0.4 is 10.2 Å². The number of fused-ring (bicyclic) bond motifs is 1. The van der Waals surface area contributed by atoms with Gasteiger partial charge in [0.05, 0.1) is 41.5 Å². The summed E-state index contributed by atoms with van der Waals surface area (Å²) in [6.45, 7) is 6.56. The maximum absolute atomic E-state index is 12.9. The SMILES string of the molecule is Cc1nc(C(C)n2cc(C(=O)N[C@H]3C[C@@](C)(c4cc(Cl)ccc4C#N)C3)nn2)cnc1N1C[C@H]2C[C@H]2C1=O. The van der Waals surface area contributed by atoms with Crippen LogP contribution in [-0.4, -0.2) is 49.4 Å². The van der Waals surface area contributed by atoms with Gasteiger partial charge in [-0.05, 0) is 68.2 Å². The number of nitriles is 1. The largest absolute Gasteiger partial charge is 0.348 e. The highest BCUT2D eigenvalue weighted by molar-refractivity contribution is 6.30. The lowest BCUT2D eigenvalue weighted by Crippen LogP contribution is -2.52. The number of amides is 2. The molecule has 194 valence electrons. The van der Waals surface area contributed by atoms with Gasteiger partial charge in [-0.15, -0.1) is 5.10 Å². The molecule has 3 fully saturated rings. The van der Waals surface area contributed by atoms with E-state index in [1.807, 2.05) is 19.9 Å². The average Bonchev–Trinajstić information content (AvgIpc) is 3.34. The Labute approximate surface area is 225 Å². The predicted molar refractivity (Wildman–Crippen MR) is 139 cm³/mol. The van der Waals surface area contributed by atoms with Gasteiger partial charge >= 0.3 is 0 Å². The Morgan fingerprint density at radius 1 is 1.34 bits per heavy atom. The lowest BCUT2D eigenvalue weighted by atomic mass is 9.62. The Kier molecular flexibility index (Phi) is 5.72. The number of hydrogen-bond acceptors (Lipinski definition) is 7. The summed E-state index contributed by atoms with van der Waals surface area (Å²) in [5, 5.41) is 21.3. The van der Waals surface area contributed by atoms with Crippen LogP contribution >= 0.6 is 11.6 Å². The number of anilines is 1. The predicted octanol–water partition coefficient (Wildman–Crippen LogP) is 3.34. The molecule has 2 aliphatic carbocycles. The number of aryl methyl sites for hydroxylation is 1. The van der Waals surface area contributed by atoms with Gasteiger partial charge in [-0.1, -0.05) is 23.7 Å². The zero-order chi connectivity index (χ0) is 26.8. The van der Waals surface area contributed by atoms with E-state index in [2.05, 4.69) is 38.6 Å². The molecule has 2 amide bonds. The third kappa shape index (κ3) is 4.11. The summed E-state index contributed by atoms with van der Waals surface area (Å²) in [5.74, 6) is 1.08. The average molecular weight is 531 g/mol. The monoisotopic (exact) mass is 530 g/mol. The van der Waals surface area contributed by atoms with Crippen LogP contribution in [0.1, 0.15) is 72.2 Å². The number of benzene rings is 1. The summed E-state index contributed by atoms with van der Waals surface area (Å²) in [4.78, 5) is 36.3. The van der Waals surface area contributed by atoms with E-state index in [4.69, 9.17) is 11.6 Å². The molecule has 1 saturated heterocycles. The van der Waals surface area contributed by atoms with Crippen molar-refractivity contribution in [3.8, 4) is 6.07 Å². The molecule has 6 rings (SSSR count). The first-order valence-electron chi connectivity index (χ1n) is 12.7. The van der Waals surface area contributed by atoms with Crippen molar-refractivity contribution in [2.45, 2.75) is 57.5 Å². The third-order valence-electron chi connectivity index (χ3n) is 8.17. The van der Waals surface area contributed by atoms with Crippen LogP contribution in [0.5, 0.6) is 0 Å². The molecule has 0 radical (unpaired) electrons. The Morgan fingerprint density at radius 3 is 2.82 bits per heavy atom. The third-order valence-corrected chi connectivity index (χ3v) is 8.40. The number of aromatic nitrogens is 5. The maximum Gasteiger partial charge on any atom is 0.273 e. The number of hydrogen-bond donors (Lipinski definition) is 1. The minimum atomic E-state index is -0.300. The number of halogens is 1. The summed E-state index contributed by atoms with van der Waals surface area (Å²) >= 11 is 6.17. The van der Waals surface area contributed by atoms with Gasteiger partial charge in [0, 0.05) is 23.5 Å². The van der Waals surface area contributed by atoms with Crippen molar-refractivity contribution < 1.29 is 9.59 Å². The van der Waals surface area contributed by atoms with E-state index in [0.717, 1.165) is 12.0 Å². The molecule has 38 heavy (non-hydrogen) atoms. The van der Waals surface area contributed by atoms with Gasteiger partial charge in [0.25, 0.3) is 5.91 Å². The molecule has 3 aromatic rings. The van der Waals surface area contributed by atoms with Crippen LogP contribution in [0.15, 0.2) is 30.6 Å². The number of carbonyl (C=O) groups is 2. The smallest absolute Gasteiger partial charge is 0.273 e. The Morgan fingerprint density at radius 2 is 2.13 bits per heavy atom. The molecule has 10 nitrogen and oxygen atoms in total. The van der Waals surface area contributed by atoms with E-state index >= 15 is 0 Å². The zero-order valence-electron chi connectivity index (χ0n) is 21.3. The standard InChI is InChI=1S/C27H27ClN8O2/c1-14-24(35-12-17-6-20(17)26(35)38)30-11-22(31-14)15(2)36-13-23(33-34-36)25(37)32-19-8-27(3,9-19)21-7-18(28)5-4-16(21)10-29/h4-5,7,11,13,15,17,19-20H,6,8-9,12H2,1-3H3,(H,32,37)/t15?,17-,19-,20-,27+/m1/s1. The van der Waals surface area contributed by atoms with E-state index < -0.39 is 0 Å².